The van der Waals surface area contributed by atoms with Gasteiger partial charge >= 0.3 is 7.12 Å². The van der Waals surface area contributed by atoms with Crippen LogP contribution in [0.2, 0.25) is 0 Å². The first-order valence-electron chi connectivity index (χ1n) is 3.69. The Kier molecular flexibility index (Phi) is 1.79. The third-order valence-corrected chi connectivity index (χ3v) is 1.79. The average molecular weight is 180 g/mol. The molecular weight excluding hydrogens is 174 g/mol. The van der Waals surface area contributed by atoms with Gasteiger partial charge < -0.3 is 15.0 Å². The zero-order chi connectivity index (χ0) is 9.42. The van der Waals surface area contributed by atoms with Gasteiger partial charge in [-0.25, -0.2) is 4.98 Å². The molecule has 0 atom stereocenters. The van der Waals surface area contributed by atoms with Gasteiger partial charge in [0.1, 0.15) is 0 Å². The minimum absolute atomic E-state index is 0.192. The fourth-order valence-corrected chi connectivity index (χ4v) is 1.23. The lowest BCUT2D eigenvalue weighted by molar-refractivity contribution is 0.426. The normalized spacial score (nSPS) is 10.7. The summed E-state index contributed by atoms with van der Waals surface area (Å²) in [6, 6.07) is 4.68. The van der Waals surface area contributed by atoms with Gasteiger partial charge in [-0.1, -0.05) is 12.1 Å². The number of hydrogen-bond donors (Lipinski definition) is 3. The van der Waals surface area contributed by atoms with Crippen molar-refractivity contribution >= 4 is 23.6 Å². The van der Waals surface area contributed by atoms with E-state index in [0.29, 0.717) is 5.52 Å². The van der Waals surface area contributed by atoms with Crippen molar-refractivity contribution < 1.29 is 14.4 Å². The van der Waals surface area contributed by atoms with Crippen LogP contribution in [-0.4, -0.2) is 27.1 Å². The largest absolute Gasteiger partial charge is 0.490 e. The molecule has 3 N–H and O–H groups in total. The zero-order valence-electron chi connectivity index (χ0n) is 6.53. The SMILES string of the molecule is OB(O)c1cccc2[nH]c(F)nc12. The molecule has 2 aromatic rings. The molecule has 13 heavy (non-hydrogen) atoms. The van der Waals surface area contributed by atoms with E-state index in [4.69, 9.17) is 10.0 Å². The van der Waals surface area contributed by atoms with Crippen LogP contribution in [0.4, 0.5) is 4.39 Å². The van der Waals surface area contributed by atoms with Gasteiger partial charge in [0.2, 0.25) is 0 Å². The van der Waals surface area contributed by atoms with E-state index in [1.54, 1.807) is 12.1 Å². The van der Waals surface area contributed by atoms with Crippen molar-refractivity contribution in [2.75, 3.05) is 0 Å². The van der Waals surface area contributed by atoms with E-state index in [1.165, 1.54) is 6.07 Å². The first-order chi connectivity index (χ1) is 6.18. The van der Waals surface area contributed by atoms with Crippen LogP contribution in [0.1, 0.15) is 0 Å². The quantitative estimate of drug-likeness (QED) is 0.512. The highest BCUT2D eigenvalue weighted by Gasteiger charge is 2.16. The Bertz CT molecular complexity index is 443. The molecule has 2 rings (SSSR count). The van der Waals surface area contributed by atoms with Crippen molar-refractivity contribution in [3.8, 4) is 0 Å². The predicted molar refractivity (Wildman–Crippen MR) is 45.9 cm³/mol. The maximum atomic E-state index is 12.6. The lowest BCUT2D eigenvalue weighted by atomic mass is 9.79. The maximum Gasteiger partial charge on any atom is 0.490 e. The Balaban J connectivity index is 2.75. The molecule has 0 radical (unpaired) electrons. The van der Waals surface area contributed by atoms with Gasteiger partial charge in [0.15, 0.2) is 0 Å². The first kappa shape index (κ1) is 8.21. The minimum Gasteiger partial charge on any atom is -0.423 e. The molecule has 4 nitrogen and oxygen atoms in total. The highest BCUT2D eigenvalue weighted by Crippen LogP contribution is 2.07. The van der Waals surface area contributed by atoms with Gasteiger partial charge in [-0.05, 0) is 6.07 Å². The van der Waals surface area contributed by atoms with E-state index in [9.17, 15) is 4.39 Å². The highest BCUT2D eigenvalue weighted by molar-refractivity contribution is 6.61. The van der Waals surface area contributed by atoms with Crippen LogP contribution in [0.15, 0.2) is 18.2 Å². The molecule has 0 aliphatic rings. The number of halogens is 1. The molecular formula is C7H6BFN2O2. The molecule has 0 saturated carbocycles. The van der Waals surface area contributed by atoms with E-state index >= 15 is 0 Å². The fourth-order valence-electron chi connectivity index (χ4n) is 1.23. The Morgan fingerprint density at radius 3 is 2.85 bits per heavy atom. The molecule has 1 aromatic heterocycles. The summed E-state index contributed by atoms with van der Waals surface area (Å²) in [7, 11) is -1.63. The summed E-state index contributed by atoms with van der Waals surface area (Å²) in [4.78, 5) is 5.85. The summed E-state index contributed by atoms with van der Waals surface area (Å²) in [5.41, 5.74) is 0.885. The Morgan fingerprint density at radius 1 is 1.38 bits per heavy atom. The van der Waals surface area contributed by atoms with Crippen molar-refractivity contribution in [1.29, 1.82) is 0 Å². The number of benzene rings is 1. The standard InChI is InChI=1S/C7H6BFN2O2/c9-7-10-5-3-1-2-4(8(12)13)6(5)11-7/h1-3,12-13H,(H,10,11). The van der Waals surface area contributed by atoms with Crippen molar-refractivity contribution in [3.63, 3.8) is 0 Å². The van der Waals surface area contributed by atoms with Crippen molar-refractivity contribution in [2.24, 2.45) is 0 Å². The summed E-state index contributed by atoms with van der Waals surface area (Å²) in [5.74, 6) is 0. The van der Waals surface area contributed by atoms with E-state index in [0.717, 1.165) is 0 Å². The van der Waals surface area contributed by atoms with Crippen LogP contribution >= 0.6 is 0 Å². The van der Waals surface area contributed by atoms with Gasteiger partial charge in [0, 0.05) is 5.46 Å². The topological polar surface area (TPSA) is 69.1 Å². The Morgan fingerprint density at radius 2 is 2.15 bits per heavy atom. The number of nitrogens with zero attached hydrogens (tertiary/aromatic N) is 1. The van der Waals surface area contributed by atoms with E-state index in [-0.39, 0.29) is 11.0 Å². The van der Waals surface area contributed by atoms with Gasteiger partial charge in [0.25, 0.3) is 6.08 Å². The molecule has 0 aliphatic carbocycles. The Labute approximate surface area is 73.2 Å². The molecule has 0 amide bonds. The number of aromatic nitrogens is 2. The number of fused-ring (bicyclic) bond motifs is 1. The maximum absolute atomic E-state index is 12.6. The van der Waals surface area contributed by atoms with Crippen molar-refractivity contribution in [1.82, 2.24) is 9.97 Å². The molecule has 0 saturated heterocycles. The smallest absolute Gasteiger partial charge is 0.423 e. The monoisotopic (exact) mass is 180 g/mol. The van der Waals surface area contributed by atoms with E-state index < -0.39 is 13.2 Å². The molecule has 0 aliphatic heterocycles. The number of aromatic amines is 1. The molecule has 1 aromatic carbocycles. The molecule has 0 fully saturated rings. The van der Waals surface area contributed by atoms with Gasteiger partial charge in [-0.2, -0.15) is 4.39 Å². The van der Waals surface area contributed by atoms with Crippen molar-refractivity contribution in [2.45, 2.75) is 0 Å². The molecule has 0 unspecified atom stereocenters. The van der Waals surface area contributed by atoms with Gasteiger partial charge in [-0.3, -0.25) is 0 Å². The predicted octanol–water partition coefficient (Wildman–Crippen LogP) is -0.618. The second kappa shape index (κ2) is 2.83. The lowest BCUT2D eigenvalue weighted by Crippen LogP contribution is -2.30. The number of imidazole rings is 1. The molecule has 0 bridgehead atoms. The first-order valence-corrected chi connectivity index (χ1v) is 3.69. The van der Waals surface area contributed by atoms with Crippen LogP contribution in [0.25, 0.3) is 11.0 Å². The third-order valence-electron chi connectivity index (χ3n) is 1.79. The minimum atomic E-state index is -1.63. The van der Waals surface area contributed by atoms with Crippen LogP contribution < -0.4 is 5.46 Å². The Hall–Kier alpha value is -1.40. The summed E-state index contributed by atoms with van der Waals surface area (Å²) in [6.45, 7) is 0. The van der Waals surface area contributed by atoms with E-state index in [2.05, 4.69) is 9.97 Å². The third kappa shape index (κ3) is 1.30. The van der Waals surface area contributed by atoms with Gasteiger partial charge in [0.05, 0.1) is 11.0 Å². The van der Waals surface area contributed by atoms with Crippen LogP contribution in [0, 0.1) is 6.08 Å². The number of rotatable bonds is 1. The molecule has 0 spiro atoms. The summed E-state index contributed by atoms with van der Waals surface area (Å²) in [6.07, 6.45) is -0.733. The van der Waals surface area contributed by atoms with Crippen LogP contribution in [-0.2, 0) is 0 Å². The zero-order valence-corrected chi connectivity index (χ0v) is 6.53. The molecule has 66 valence electrons. The number of nitrogens with one attached hydrogen (secondary N) is 1. The van der Waals surface area contributed by atoms with Crippen molar-refractivity contribution in [3.05, 3.63) is 24.3 Å². The second-order valence-corrected chi connectivity index (χ2v) is 2.64. The number of hydrogen-bond acceptors (Lipinski definition) is 3. The number of H-pyrrole nitrogens is 1. The number of para-hydroxylation sites is 1. The highest BCUT2D eigenvalue weighted by atomic mass is 19.1. The summed E-state index contributed by atoms with van der Waals surface area (Å²) < 4.78 is 12.6. The van der Waals surface area contributed by atoms with Gasteiger partial charge in [-0.15, -0.1) is 0 Å². The summed E-state index contributed by atoms with van der Waals surface area (Å²) >= 11 is 0. The lowest BCUT2D eigenvalue weighted by Gasteiger charge is -1.98. The van der Waals surface area contributed by atoms with Crippen LogP contribution in [0.5, 0.6) is 0 Å². The van der Waals surface area contributed by atoms with E-state index in [1.807, 2.05) is 0 Å². The molecule has 1 heterocycles. The average Bonchev–Trinajstić information content (AvgIpc) is 2.43. The second-order valence-electron chi connectivity index (χ2n) is 2.64. The fraction of sp³-hybridized carbons (Fsp3) is 0. The summed E-state index contributed by atoms with van der Waals surface area (Å²) in [5, 5.41) is 17.8. The molecule has 6 heteroatoms. The van der Waals surface area contributed by atoms with Crippen LogP contribution in [0.3, 0.4) is 0 Å².